The molecule has 0 aliphatic carbocycles. The summed E-state index contributed by atoms with van der Waals surface area (Å²) in [6.45, 7) is 13.0. The van der Waals surface area contributed by atoms with Crippen LogP contribution in [0.5, 0.6) is 0 Å². The largest absolute Gasteiger partial charge is 0.385 e. The molecule has 6 heteroatoms. The SMILES string of the molecule is CCCn1c(C)cnc1C(O)CC(=O)N1CCC(N(CC)CC)CC1. The van der Waals surface area contributed by atoms with Crippen LogP contribution in [-0.2, 0) is 11.3 Å². The average Bonchev–Trinajstić information content (AvgIpc) is 2.98. The number of piperidine rings is 1. The molecule has 0 radical (unpaired) electrons. The first-order valence-electron chi connectivity index (χ1n) is 9.73. The minimum Gasteiger partial charge on any atom is -0.385 e. The maximum absolute atomic E-state index is 12.6. The lowest BCUT2D eigenvalue weighted by Crippen LogP contribution is -2.46. The molecule has 1 saturated heterocycles. The van der Waals surface area contributed by atoms with Gasteiger partial charge >= 0.3 is 0 Å². The molecule has 1 aliphatic heterocycles. The predicted octanol–water partition coefficient (Wildman–Crippen LogP) is 2.36. The summed E-state index contributed by atoms with van der Waals surface area (Å²) in [5.74, 6) is 0.653. The van der Waals surface area contributed by atoms with Crippen LogP contribution in [-0.4, -0.2) is 62.6 Å². The standard InChI is InChI=1S/C19H34N4O2/c1-5-10-23-15(4)14-20-19(23)17(24)13-18(25)22-11-8-16(9-12-22)21(6-2)7-3/h14,16-17,24H,5-13H2,1-4H3. The van der Waals surface area contributed by atoms with Crippen LogP contribution in [0.4, 0.5) is 0 Å². The van der Waals surface area contributed by atoms with Gasteiger partial charge in [-0.2, -0.15) is 0 Å². The Labute approximate surface area is 151 Å². The van der Waals surface area contributed by atoms with E-state index >= 15 is 0 Å². The van der Waals surface area contributed by atoms with Gasteiger partial charge in [0, 0.05) is 37.6 Å². The third kappa shape index (κ3) is 4.82. The molecule has 1 aromatic rings. The predicted molar refractivity (Wildman–Crippen MR) is 99.4 cm³/mol. The summed E-state index contributed by atoms with van der Waals surface area (Å²) in [5.41, 5.74) is 1.03. The first kappa shape index (κ1) is 19.9. The lowest BCUT2D eigenvalue weighted by Gasteiger charge is -2.38. The number of rotatable bonds is 8. The molecule has 0 saturated carbocycles. The third-order valence-electron chi connectivity index (χ3n) is 5.35. The first-order valence-corrected chi connectivity index (χ1v) is 9.73. The summed E-state index contributed by atoms with van der Waals surface area (Å²) in [6, 6.07) is 0.579. The van der Waals surface area contributed by atoms with E-state index in [1.807, 2.05) is 16.4 Å². The maximum Gasteiger partial charge on any atom is 0.225 e. The normalized spacial score (nSPS) is 17.3. The van der Waals surface area contributed by atoms with E-state index in [4.69, 9.17) is 0 Å². The number of aryl methyl sites for hydroxylation is 1. The van der Waals surface area contributed by atoms with Crippen molar-refractivity contribution in [2.24, 2.45) is 0 Å². The fourth-order valence-electron chi connectivity index (χ4n) is 3.87. The van der Waals surface area contributed by atoms with Gasteiger partial charge in [-0.15, -0.1) is 0 Å². The Bertz CT molecular complexity index is 546. The molecule has 0 spiro atoms. The summed E-state index contributed by atoms with van der Waals surface area (Å²) in [4.78, 5) is 21.3. The summed E-state index contributed by atoms with van der Waals surface area (Å²) in [6.07, 6.45) is 4.09. The highest BCUT2D eigenvalue weighted by Crippen LogP contribution is 2.22. The number of hydrogen-bond acceptors (Lipinski definition) is 4. The molecular weight excluding hydrogens is 316 g/mol. The Morgan fingerprint density at radius 1 is 1.32 bits per heavy atom. The van der Waals surface area contributed by atoms with E-state index in [0.29, 0.717) is 11.9 Å². The van der Waals surface area contributed by atoms with Crippen LogP contribution in [0.15, 0.2) is 6.20 Å². The van der Waals surface area contributed by atoms with Gasteiger partial charge in [-0.3, -0.25) is 4.79 Å². The lowest BCUT2D eigenvalue weighted by molar-refractivity contribution is -0.135. The number of likely N-dealkylation sites (tertiary alicyclic amines) is 1. The van der Waals surface area contributed by atoms with E-state index < -0.39 is 6.10 Å². The topological polar surface area (TPSA) is 61.6 Å². The zero-order valence-electron chi connectivity index (χ0n) is 16.2. The monoisotopic (exact) mass is 350 g/mol. The minimum absolute atomic E-state index is 0.0363. The number of imidazole rings is 1. The summed E-state index contributed by atoms with van der Waals surface area (Å²) in [7, 11) is 0. The highest BCUT2D eigenvalue weighted by atomic mass is 16.3. The second-order valence-electron chi connectivity index (χ2n) is 6.96. The van der Waals surface area contributed by atoms with Crippen LogP contribution >= 0.6 is 0 Å². The Kier molecular flexibility index (Phi) is 7.44. The van der Waals surface area contributed by atoms with Gasteiger partial charge < -0.3 is 19.5 Å². The minimum atomic E-state index is -0.826. The molecule has 6 nitrogen and oxygen atoms in total. The Balaban J connectivity index is 1.90. The van der Waals surface area contributed by atoms with Crippen LogP contribution < -0.4 is 0 Å². The Morgan fingerprint density at radius 2 is 1.96 bits per heavy atom. The number of nitrogens with zero attached hydrogens (tertiary/aromatic N) is 4. The van der Waals surface area contributed by atoms with Crippen LogP contribution in [0, 0.1) is 6.92 Å². The van der Waals surface area contributed by atoms with Crippen LogP contribution in [0.25, 0.3) is 0 Å². The molecule has 2 heterocycles. The zero-order chi connectivity index (χ0) is 18.4. The van der Waals surface area contributed by atoms with Gasteiger partial charge in [-0.25, -0.2) is 4.98 Å². The van der Waals surface area contributed by atoms with E-state index in [9.17, 15) is 9.90 Å². The van der Waals surface area contributed by atoms with E-state index in [1.54, 1.807) is 6.20 Å². The molecule has 25 heavy (non-hydrogen) atoms. The number of hydrogen-bond donors (Lipinski definition) is 1. The number of aliphatic hydroxyl groups is 1. The third-order valence-corrected chi connectivity index (χ3v) is 5.35. The first-order chi connectivity index (χ1) is 12.0. The molecule has 142 valence electrons. The summed E-state index contributed by atoms with van der Waals surface area (Å²) in [5, 5.41) is 10.5. The van der Waals surface area contributed by atoms with Gasteiger partial charge in [-0.1, -0.05) is 20.8 Å². The van der Waals surface area contributed by atoms with Crippen LogP contribution in [0.2, 0.25) is 0 Å². The highest BCUT2D eigenvalue weighted by Gasteiger charge is 2.28. The van der Waals surface area contributed by atoms with Crippen molar-refractivity contribution in [1.29, 1.82) is 0 Å². The molecule has 1 unspecified atom stereocenters. The molecule has 1 N–H and O–H groups in total. The molecule has 1 aliphatic rings. The van der Waals surface area contributed by atoms with Gasteiger partial charge in [0.2, 0.25) is 5.91 Å². The summed E-state index contributed by atoms with van der Waals surface area (Å²) < 4.78 is 2.02. The van der Waals surface area contributed by atoms with Gasteiger partial charge in [0.15, 0.2) is 0 Å². The van der Waals surface area contributed by atoms with Crippen LogP contribution in [0.1, 0.15) is 64.1 Å². The van der Waals surface area contributed by atoms with Crippen molar-refractivity contribution in [2.45, 2.75) is 72.1 Å². The van der Waals surface area contributed by atoms with Crippen LogP contribution in [0.3, 0.4) is 0 Å². The van der Waals surface area contributed by atoms with E-state index in [2.05, 4.69) is 30.7 Å². The molecule has 0 aromatic carbocycles. The number of aromatic nitrogens is 2. The van der Waals surface area contributed by atoms with E-state index in [-0.39, 0.29) is 12.3 Å². The highest BCUT2D eigenvalue weighted by molar-refractivity contribution is 5.76. The van der Waals surface area contributed by atoms with Crippen molar-refractivity contribution in [3.8, 4) is 0 Å². The maximum atomic E-state index is 12.6. The average molecular weight is 351 g/mol. The number of aliphatic hydroxyl groups excluding tert-OH is 1. The quantitative estimate of drug-likeness (QED) is 0.782. The Morgan fingerprint density at radius 3 is 2.52 bits per heavy atom. The molecule has 2 rings (SSSR count). The van der Waals surface area contributed by atoms with E-state index in [1.165, 1.54) is 0 Å². The van der Waals surface area contributed by atoms with Crippen molar-refractivity contribution in [3.63, 3.8) is 0 Å². The fraction of sp³-hybridized carbons (Fsp3) is 0.789. The molecule has 1 aromatic heterocycles. The second kappa shape index (κ2) is 9.34. The van der Waals surface area contributed by atoms with Gasteiger partial charge in [0.25, 0.3) is 0 Å². The van der Waals surface area contributed by atoms with Crippen molar-refractivity contribution in [2.75, 3.05) is 26.2 Å². The zero-order valence-corrected chi connectivity index (χ0v) is 16.2. The van der Waals surface area contributed by atoms with Crippen molar-refractivity contribution in [1.82, 2.24) is 19.4 Å². The lowest BCUT2D eigenvalue weighted by atomic mass is 10.0. The Hall–Kier alpha value is -1.40. The van der Waals surface area contributed by atoms with Gasteiger partial charge in [0.05, 0.1) is 6.42 Å². The van der Waals surface area contributed by atoms with Crippen molar-refractivity contribution >= 4 is 5.91 Å². The number of amides is 1. The second-order valence-corrected chi connectivity index (χ2v) is 6.96. The van der Waals surface area contributed by atoms with Crippen molar-refractivity contribution < 1.29 is 9.90 Å². The molecular formula is C19H34N4O2. The smallest absolute Gasteiger partial charge is 0.225 e. The molecule has 1 amide bonds. The van der Waals surface area contributed by atoms with Gasteiger partial charge in [0.1, 0.15) is 11.9 Å². The fourth-order valence-corrected chi connectivity index (χ4v) is 3.87. The van der Waals surface area contributed by atoms with Gasteiger partial charge in [-0.05, 0) is 39.3 Å². The molecule has 1 atom stereocenters. The molecule has 1 fully saturated rings. The van der Waals surface area contributed by atoms with E-state index in [0.717, 1.165) is 57.7 Å². The summed E-state index contributed by atoms with van der Waals surface area (Å²) >= 11 is 0. The number of carbonyl (C=O) groups is 1. The number of carbonyl (C=O) groups excluding carboxylic acids is 1. The molecule has 0 bridgehead atoms. The van der Waals surface area contributed by atoms with Crippen molar-refractivity contribution in [3.05, 3.63) is 17.7 Å².